The molecule has 0 amide bonds. The Morgan fingerprint density at radius 1 is 0.434 bits per heavy atom. The second-order valence-corrected chi connectivity index (χ2v) is 15.5. The normalized spacial score (nSPS) is 13.2. The SMILES string of the molecule is CC1(C)c2ccc(-c3cccc(-c4nc(-c5ccccc5)nc(-c5cccc6c5sc5ccccc56)n4)c3)cc2-c2cc3oc4ccccc4c3cc21. The molecule has 7 aromatic carbocycles. The van der Waals surface area contributed by atoms with Crippen LogP contribution in [0.4, 0.5) is 0 Å². The van der Waals surface area contributed by atoms with Gasteiger partial charge in [-0.15, -0.1) is 11.3 Å². The summed E-state index contributed by atoms with van der Waals surface area (Å²) in [6, 6.07) is 53.6. The first kappa shape index (κ1) is 30.2. The molecule has 0 spiro atoms. The molecule has 250 valence electrons. The Kier molecular flexibility index (Phi) is 6.43. The fourth-order valence-electron chi connectivity index (χ4n) is 8.25. The Morgan fingerprint density at radius 3 is 1.98 bits per heavy atom. The molecule has 0 radical (unpaired) electrons. The van der Waals surface area contributed by atoms with Gasteiger partial charge >= 0.3 is 0 Å². The number of thiophene rings is 1. The van der Waals surface area contributed by atoms with Crippen molar-refractivity contribution in [3.05, 3.63) is 163 Å². The first-order valence-corrected chi connectivity index (χ1v) is 18.7. The highest BCUT2D eigenvalue weighted by atomic mass is 32.1. The van der Waals surface area contributed by atoms with Gasteiger partial charge in [0, 0.05) is 53.1 Å². The van der Waals surface area contributed by atoms with Crippen LogP contribution in [-0.2, 0) is 5.41 Å². The van der Waals surface area contributed by atoms with Crippen molar-refractivity contribution in [1.29, 1.82) is 0 Å². The van der Waals surface area contributed by atoms with Crippen LogP contribution < -0.4 is 0 Å². The van der Waals surface area contributed by atoms with E-state index < -0.39 is 0 Å². The topological polar surface area (TPSA) is 51.8 Å². The maximum absolute atomic E-state index is 6.34. The molecule has 10 aromatic rings. The summed E-state index contributed by atoms with van der Waals surface area (Å²) in [7, 11) is 0. The van der Waals surface area contributed by atoms with E-state index in [0.717, 1.165) is 44.4 Å². The summed E-state index contributed by atoms with van der Waals surface area (Å²) in [6.45, 7) is 4.65. The fraction of sp³-hybridized carbons (Fsp3) is 0.0625. The smallest absolute Gasteiger partial charge is 0.165 e. The predicted molar refractivity (Wildman–Crippen MR) is 219 cm³/mol. The van der Waals surface area contributed by atoms with Gasteiger partial charge in [0.15, 0.2) is 17.5 Å². The zero-order valence-corrected chi connectivity index (χ0v) is 29.9. The Bertz CT molecular complexity index is 3100. The van der Waals surface area contributed by atoms with Gasteiger partial charge in [0.25, 0.3) is 0 Å². The fourth-order valence-corrected chi connectivity index (χ4v) is 9.46. The van der Waals surface area contributed by atoms with E-state index in [1.165, 1.54) is 47.8 Å². The molecule has 1 aliphatic rings. The van der Waals surface area contributed by atoms with Gasteiger partial charge in [0.1, 0.15) is 11.2 Å². The number of hydrogen-bond acceptors (Lipinski definition) is 5. The molecule has 11 rings (SSSR count). The van der Waals surface area contributed by atoms with Crippen LogP contribution >= 0.6 is 11.3 Å². The van der Waals surface area contributed by atoms with Crippen LogP contribution in [-0.4, -0.2) is 15.0 Å². The largest absolute Gasteiger partial charge is 0.456 e. The third-order valence-electron chi connectivity index (χ3n) is 10.9. The van der Waals surface area contributed by atoms with Crippen LogP contribution in [0.3, 0.4) is 0 Å². The summed E-state index contributed by atoms with van der Waals surface area (Å²) in [4.78, 5) is 15.4. The van der Waals surface area contributed by atoms with Crippen LogP contribution in [0, 0.1) is 0 Å². The van der Waals surface area contributed by atoms with E-state index in [-0.39, 0.29) is 5.41 Å². The Hall–Kier alpha value is -6.43. The van der Waals surface area contributed by atoms with Crippen LogP contribution in [0.25, 0.3) is 98.5 Å². The zero-order chi connectivity index (χ0) is 35.3. The molecule has 0 unspecified atom stereocenters. The standard InChI is InChI=1S/C48H31N3OS/c1-48(2)39-23-22-30(25-36(39)37-27-42-38(26-40(37)48)32-16-6-8-20-41(32)52-42)29-14-10-15-31(24-29)46-49-45(28-12-4-3-5-13-28)50-47(51-46)35-19-11-18-34-33-17-7-9-21-43(33)53-44(34)35/h3-27H,1-2H3. The summed E-state index contributed by atoms with van der Waals surface area (Å²) in [5, 5.41) is 4.80. The Labute approximate surface area is 310 Å². The lowest BCUT2D eigenvalue weighted by molar-refractivity contribution is 0.658. The molecule has 0 atom stereocenters. The maximum atomic E-state index is 6.34. The number of aromatic nitrogens is 3. The lowest BCUT2D eigenvalue weighted by atomic mass is 9.81. The number of hydrogen-bond donors (Lipinski definition) is 0. The maximum Gasteiger partial charge on any atom is 0.165 e. The van der Waals surface area contributed by atoms with Crippen molar-refractivity contribution in [1.82, 2.24) is 15.0 Å². The van der Waals surface area contributed by atoms with Crippen molar-refractivity contribution < 1.29 is 4.42 Å². The molecule has 0 N–H and O–H groups in total. The van der Waals surface area contributed by atoms with Crippen molar-refractivity contribution in [2.24, 2.45) is 0 Å². The number of benzene rings is 7. The van der Waals surface area contributed by atoms with Crippen molar-refractivity contribution in [2.45, 2.75) is 19.3 Å². The molecule has 1 aliphatic carbocycles. The van der Waals surface area contributed by atoms with Gasteiger partial charge in [-0.1, -0.05) is 123 Å². The van der Waals surface area contributed by atoms with Gasteiger partial charge in [0.2, 0.25) is 0 Å². The van der Waals surface area contributed by atoms with Crippen molar-refractivity contribution in [2.75, 3.05) is 0 Å². The molecule has 3 aromatic heterocycles. The first-order chi connectivity index (χ1) is 26.0. The molecule has 0 saturated carbocycles. The molecular formula is C48H31N3OS. The molecule has 5 heteroatoms. The summed E-state index contributed by atoms with van der Waals surface area (Å²) in [6.07, 6.45) is 0. The average Bonchev–Trinajstić information content (AvgIpc) is 3.84. The van der Waals surface area contributed by atoms with Gasteiger partial charge in [-0.05, 0) is 75.8 Å². The van der Waals surface area contributed by atoms with Gasteiger partial charge < -0.3 is 4.42 Å². The van der Waals surface area contributed by atoms with E-state index in [2.05, 4.69) is 135 Å². The minimum absolute atomic E-state index is 0.135. The summed E-state index contributed by atoms with van der Waals surface area (Å²) < 4.78 is 8.78. The van der Waals surface area contributed by atoms with Crippen LogP contribution in [0.15, 0.2) is 156 Å². The third kappa shape index (κ3) is 4.64. The highest BCUT2D eigenvalue weighted by Gasteiger charge is 2.36. The molecule has 0 fully saturated rings. The quantitative estimate of drug-likeness (QED) is 0.184. The average molecular weight is 698 g/mol. The molecule has 4 nitrogen and oxygen atoms in total. The number of para-hydroxylation sites is 1. The molecule has 0 bridgehead atoms. The lowest BCUT2D eigenvalue weighted by Crippen LogP contribution is -2.14. The minimum Gasteiger partial charge on any atom is -0.456 e. The Morgan fingerprint density at radius 2 is 1.09 bits per heavy atom. The van der Waals surface area contributed by atoms with Crippen molar-refractivity contribution >= 4 is 53.4 Å². The second kappa shape index (κ2) is 11.3. The predicted octanol–water partition coefficient (Wildman–Crippen LogP) is 13.1. The molecular weight excluding hydrogens is 667 g/mol. The van der Waals surface area contributed by atoms with E-state index in [1.807, 2.05) is 30.3 Å². The molecule has 0 aliphatic heterocycles. The summed E-state index contributed by atoms with van der Waals surface area (Å²) >= 11 is 1.79. The zero-order valence-electron chi connectivity index (χ0n) is 29.1. The molecule has 3 heterocycles. The van der Waals surface area contributed by atoms with Crippen molar-refractivity contribution in [3.8, 4) is 56.4 Å². The van der Waals surface area contributed by atoms with Crippen LogP contribution in [0.2, 0.25) is 0 Å². The first-order valence-electron chi connectivity index (χ1n) is 17.9. The van der Waals surface area contributed by atoms with Gasteiger partial charge in [-0.2, -0.15) is 0 Å². The number of nitrogens with zero attached hydrogens (tertiary/aromatic N) is 3. The van der Waals surface area contributed by atoms with E-state index in [0.29, 0.717) is 17.5 Å². The Balaban J connectivity index is 1.05. The monoisotopic (exact) mass is 697 g/mol. The summed E-state index contributed by atoms with van der Waals surface area (Å²) in [5.74, 6) is 1.97. The van der Waals surface area contributed by atoms with E-state index in [4.69, 9.17) is 19.4 Å². The van der Waals surface area contributed by atoms with E-state index in [9.17, 15) is 0 Å². The third-order valence-corrected chi connectivity index (χ3v) is 12.2. The van der Waals surface area contributed by atoms with Crippen LogP contribution in [0.5, 0.6) is 0 Å². The van der Waals surface area contributed by atoms with Gasteiger partial charge in [0.05, 0.1) is 0 Å². The molecule has 0 saturated heterocycles. The number of fused-ring (bicyclic) bond motifs is 9. The van der Waals surface area contributed by atoms with E-state index >= 15 is 0 Å². The minimum atomic E-state index is -0.135. The second-order valence-electron chi connectivity index (χ2n) is 14.4. The summed E-state index contributed by atoms with van der Waals surface area (Å²) in [5.41, 5.74) is 12.0. The van der Waals surface area contributed by atoms with Crippen LogP contribution in [0.1, 0.15) is 25.0 Å². The number of rotatable bonds is 4. The lowest BCUT2D eigenvalue weighted by Gasteiger charge is -2.21. The molecule has 53 heavy (non-hydrogen) atoms. The van der Waals surface area contributed by atoms with E-state index in [1.54, 1.807) is 11.3 Å². The van der Waals surface area contributed by atoms with Gasteiger partial charge in [-0.3, -0.25) is 0 Å². The van der Waals surface area contributed by atoms with Gasteiger partial charge in [-0.25, -0.2) is 15.0 Å². The highest BCUT2D eigenvalue weighted by molar-refractivity contribution is 7.26. The van der Waals surface area contributed by atoms with Crippen molar-refractivity contribution in [3.63, 3.8) is 0 Å². The highest BCUT2D eigenvalue weighted by Crippen LogP contribution is 2.52. The number of furan rings is 1.